The fourth-order valence-electron chi connectivity index (χ4n) is 3.87. The highest BCUT2D eigenvalue weighted by Gasteiger charge is 2.41. The van der Waals surface area contributed by atoms with E-state index >= 15 is 0 Å². The van der Waals surface area contributed by atoms with Gasteiger partial charge in [0.1, 0.15) is 34.8 Å². The summed E-state index contributed by atoms with van der Waals surface area (Å²) in [6.07, 6.45) is 2.60. The van der Waals surface area contributed by atoms with E-state index in [1.807, 2.05) is 26.0 Å². The van der Waals surface area contributed by atoms with Gasteiger partial charge >= 0.3 is 0 Å². The quantitative estimate of drug-likeness (QED) is 0.397. The van der Waals surface area contributed by atoms with E-state index in [2.05, 4.69) is 5.32 Å². The molecule has 4 aliphatic heterocycles. The van der Waals surface area contributed by atoms with Crippen molar-refractivity contribution in [1.82, 2.24) is 10.2 Å². The Morgan fingerprint density at radius 1 is 0.744 bits per heavy atom. The monoisotopic (exact) mass is 596 g/mol. The summed E-state index contributed by atoms with van der Waals surface area (Å²) in [4.78, 5) is 53.6. The lowest BCUT2D eigenvalue weighted by atomic mass is 10.1. The van der Waals surface area contributed by atoms with Gasteiger partial charge in [-0.05, 0) is 26.0 Å². The molecule has 0 aliphatic carbocycles. The molecule has 0 saturated carbocycles. The second-order valence-electron chi connectivity index (χ2n) is 7.94. The third-order valence-corrected chi connectivity index (χ3v) is 10.9. The van der Waals surface area contributed by atoms with Crippen LogP contribution in [0.1, 0.15) is 13.8 Å². The number of hydrogen-bond donors (Lipinski definition) is 1. The number of rotatable bonds is 4. The van der Waals surface area contributed by atoms with E-state index in [4.69, 9.17) is 9.47 Å². The Balaban J connectivity index is 1.67. The van der Waals surface area contributed by atoms with Gasteiger partial charge in [-0.2, -0.15) is 10.5 Å². The van der Waals surface area contributed by atoms with Crippen LogP contribution in [0.3, 0.4) is 0 Å². The van der Waals surface area contributed by atoms with Crippen LogP contribution in [0.5, 0.6) is 11.5 Å². The number of nitrogens with zero attached hydrogens (tertiary/aromatic N) is 3. The van der Waals surface area contributed by atoms with Crippen LogP contribution in [0, 0.1) is 22.7 Å². The predicted molar refractivity (Wildman–Crippen MR) is 145 cm³/mol. The predicted octanol–water partition coefficient (Wildman–Crippen LogP) is 3.86. The summed E-state index contributed by atoms with van der Waals surface area (Å²) in [6, 6.07) is 3.66. The van der Waals surface area contributed by atoms with Gasteiger partial charge in [-0.1, -0.05) is 47.0 Å². The number of imide groups is 2. The molecule has 0 aromatic heterocycles. The second-order valence-corrected chi connectivity index (χ2v) is 12.5. The van der Waals surface area contributed by atoms with E-state index < -0.39 is 23.6 Å². The van der Waals surface area contributed by atoms with E-state index in [9.17, 15) is 29.7 Å². The molecule has 4 aliphatic rings. The molecule has 0 fully saturated rings. The van der Waals surface area contributed by atoms with Crippen molar-refractivity contribution >= 4 is 70.7 Å². The maximum absolute atomic E-state index is 13.0. The molecule has 0 radical (unpaired) electrons. The Morgan fingerprint density at radius 2 is 1.21 bits per heavy atom. The van der Waals surface area contributed by atoms with Gasteiger partial charge in [-0.25, -0.2) is 0 Å². The number of fused-ring (bicyclic) bond motifs is 2. The Bertz CT molecular complexity index is 1580. The molecule has 39 heavy (non-hydrogen) atoms. The number of thioether (sulfide) groups is 4. The molecule has 4 amide bonds. The number of amides is 4. The van der Waals surface area contributed by atoms with Crippen LogP contribution in [0.2, 0.25) is 0 Å². The summed E-state index contributed by atoms with van der Waals surface area (Å²) in [5, 5.41) is 20.9. The number of likely N-dealkylation sites (N-methyl/N-ethyl adjacent to an activating group) is 1. The Labute approximate surface area is 239 Å². The highest BCUT2D eigenvalue weighted by Crippen LogP contribution is 2.68. The summed E-state index contributed by atoms with van der Waals surface area (Å²) in [7, 11) is 1.34. The van der Waals surface area contributed by atoms with Crippen molar-refractivity contribution < 1.29 is 28.7 Å². The molecule has 0 atom stereocenters. The van der Waals surface area contributed by atoms with Crippen LogP contribution in [0.25, 0.3) is 0 Å². The van der Waals surface area contributed by atoms with Crippen molar-refractivity contribution in [3.8, 4) is 23.6 Å². The standard InChI is InChI=1S/C25H16N4O6S4/c1-4-34-14-16-17(37-24(36-16)12-6-10(8-26)20(30)28-21(12)31)15(35-5-2)19-18(14)38-25(39-19)13-7-11(9-27)22(32)29(3)23(13)33/h6-7H,4-5H2,1-3H3,(H,28,30,31). The minimum atomic E-state index is -0.743. The molecule has 0 spiro atoms. The van der Waals surface area contributed by atoms with Gasteiger partial charge in [0.15, 0.2) is 0 Å². The highest BCUT2D eigenvalue weighted by molar-refractivity contribution is 8.26. The van der Waals surface area contributed by atoms with Gasteiger partial charge in [-0.3, -0.25) is 29.4 Å². The maximum atomic E-state index is 13.0. The van der Waals surface area contributed by atoms with Gasteiger partial charge in [0.25, 0.3) is 23.6 Å². The average molecular weight is 597 g/mol. The zero-order valence-corrected chi connectivity index (χ0v) is 23.8. The topological polar surface area (TPSA) is 150 Å². The molecular weight excluding hydrogens is 581 g/mol. The summed E-state index contributed by atoms with van der Waals surface area (Å²) in [5.41, 5.74) is 0.122. The SMILES string of the molecule is CCOc1c2c(c(OCC)c3c1SC(=C1C=C(C#N)C(=O)N(C)C1=O)S3)SC(=C1C=C(C#N)C(=O)NC1=O)S2. The first-order valence-corrected chi connectivity index (χ1v) is 14.6. The molecule has 0 unspecified atom stereocenters. The molecule has 1 aromatic rings. The van der Waals surface area contributed by atoms with Gasteiger partial charge in [0.05, 0.1) is 52.4 Å². The third-order valence-electron chi connectivity index (χ3n) is 5.64. The second kappa shape index (κ2) is 10.5. The average Bonchev–Trinajstić information content (AvgIpc) is 3.55. The number of carbonyl (C=O) groups is 4. The maximum Gasteiger partial charge on any atom is 0.271 e. The van der Waals surface area contributed by atoms with E-state index in [-0.39, 0.29) is 22.3 Å². The fraction of sp³-hybridized carbons (Fsp3) is 0.200. The number of hydrogen-bond acceptors (Lipinski definition) is 12. The van der Waals surface area contributed by atoms with Crippen molar-refractivity contribution in [3.05, 3.63) is 42.9 Å². The van der Waals surface area contributed by atoms with Crippen molar-refractivity contribution in [2.45, 2.75) is 33.4 Å². The molecule has 14 heteroatoms. The summed E-state index contributed by atoms with van der Waals surface area (Å²) in [6.45, 7) is 4.35. The van der Waals surface area contributed by atoms with Crippen LogP contribution < -0.4 is 14.8 Å². The van der Waals surface area contributed by atoms with E-state index in [0.717, 1.165) is 4.90 Å². The van der Waals surface area contributed by atoms with Crippen LogP contribution in [-0.2, 0) is 19.2 Å². The van der Waals surface area contributed by atoms with Crippen LogP contribution in [-0.4, -0.2) is 48.8 Å². The van der Waals surface area contributed by atoms with Crippen LogP contribution in [0.15, 0.2) is 62.5 Å². The van der Waals surface area contributed by atoms with E-state index in [0.29, 0.717) is 52.8 Å². The first-order valence-electron chi connectivity index (χ1n) is 11.3. The molecule has 0 bridgehead atoms. The van der Waals surface area contributed by atoms with Gasteiger partial charge in [0.2, 0.25) is 0 Å². The zero-order valence-electron chi connectivity index (χ0n) is 20.5. The fourth-order valence-corrected chi connectivity index (χ4v) is 9.36. The normalized spacial score (nSPS) is 18.3. The Hall–Kier alpha value is -3.56. The lowest BCUT2D eigenvalue weighted by Gasteiger charge is -2.21. The number of carbonyl (C=O) groups excluding carboxylic acids is 4. The molecule has 196 valence electrons. The van der Waals surface area contributed by atoms with E-state index in [1.54, 1.807) is 0 Å². The first kappa shape index (κ1) is 27.0. The summed E-state index contributed by atoms with van der Waals surface area (Å²) >= 11 is 5.11. The zero-order chi connectivity index (χ0) is 28.0. The van der Waals surface area contributed by atoms with Crippen molar-refractivity contribution in [2.24, 2.45) is 0 Å². The number of benzene rings is 1. The summed E-state index contributed by atoms with van der Waals surface area (Å²) < 4.78 is 13.3. The minimum absolute atomic E-state index is 0.134. The molecule has 5 rings (SSSR count). The van der Waals surface area contributed by atoms with Crippen molar-refractivity contribution in [1.29, 1.82) is 10.5 Å². The number of nitriles is 2. The molecule has 1 N–H and O–H groups in total. The lowest BCUT2D eigenvalue weighted by Crippen LogP contribution is -2.38. The molecule has 10 nitrogen and oxygen atoms in total. The number of nitrogens with one attached hydrogen (secondary N) is 1. The third kappa shape index (κ3) is 4.43. The molecule has 0 saturated heterocycles. The van der Waals surface area contributed by atoms with Gasteiger partial charge in [-0.15, -0.1) is 0 Å². The Morgan fingerprint density at radius 3 is 1.67 bits per heavy atom. The van der Waals surface area contributed by atoms with Crippen LogP contribution >= 0.6 is 47.0 Å². The summed E-state index contributed by atoms with van der Waals surface area (Å²) in [5.74, 6) is -1.43. The van der Waals surface area contributed by atoms with Crippen LogP contribution in [0.4, 0.5) is 0 Å². The molecular formula is C25H16N4O6S4. The highest BCUT2D eigenvalue weighted by atomic mass is 32.2. The largest absolute Gasteiger partial charge is 0.491 e. The van der Waals surface area contributed by atoms with Gasteiger partial charge in [0, 0.05) is 7.05 Å². The Kier molecular flexibility index (Phi) is 7.31. The van der Waals surface area contributed by atoms with Gasteiger partial charge < -0.3 is 9.47 Å². The smallest absolute Gasteiger partial charge is 0.271 e. The van der Waals surface area contributed by atoms with Crippen molar-refractivity contribution in [2.75, 3.05) is 20.3 Å². The molecule has 1 aromatic carbocycles. The molecule has 4 heterocycles. The lowest BCUT2D eigenvalue weighted by molar-refractivity contribution is -0.138. The minimum Gasteiger partial charge on any atom is -0.491 e. The first-order chi connectivity index (χ1) is 18.7. The van der Waals surface area contributed by atoms with E-state index in [1.165, 1.54) is 66.2 Å². The number of ether oxygens (including phenoxy) is 2. The van der Waals surface area contributed by atoms with Crippen molar-refractivity contribution in [3.63, 3.8) is 0 Å².